The van der Waals surface area contributed by atoms with Crippen LogP contribution in [0.1, 0.15) is 33.1 Å². The third kappa shape index (κ3) is 4.47. The number of halogens is 1. The SMILES string of the molecule is COCCCN(Cc1ccc(C(=O)O)o1)C(=O)c1ccc2oc(Cl)nc2c1. The fourth-order valence-electron chi connectivity index (χ4n) is 2.63. The summed E-state index contributed by atoms with van der Waals surface area (Å²) in [5, 5.41) is 8.98. The van der Waals surface area contributed by atoms with Gasteiger partial charge in [0.15, 0.2) is 5.58 Å². The quantitative estimate of drug-likeness (QED) is 0.585. The monoisotopic (exact) mass is 392 g/mol. The van der Waals surface area contributed by atoms with E-state index < -0.39 is 5.97 Å². The summed E-state index contributed by atoms with van der Waals surface area (Å²) in [6, 6.07) is 7.76. The van der Waals surface area contributed by atoms with Crippen molar-refractivity contribution in [1.29, 1.82) is 0 Å². The zero-order valence-electron chi connectivity index (χ0n) is 14.5. The molecule has 2 heterocycles. The van der Waals surface area contributed by atoms with Crippen molar-refractivity contribution in [3.63, 3.8) is 0 Å². The summed E-state index contributed by atoms with van der Waals surface area (Å²) >= 11 is 5.75. The first-order valence-corrected chi connectivity index (χ1v) is 8.52. The maximum absolute atomic E-state index is 13.0. The van der Waals surface area contributed by atoms with Gasteiger partial charge in [-0.25, -0.2) is 4.79 Å². The molecule has 0 atom stereocenters. The molecule has 0 saturated heterocycles. The van der Waals surface area contributed by atoms with Crippen molar-refractivity contribution in [2.45, 2.75) is 13.0 Å². The van der Waals surface area contributed by atoms with Gasteiger partial charge in [-0.3, -0.25) is 4.79 Å². The van der Waals surface area contributed by atoms with Crippen molar-refractivity contribution >= 4 is 34.6 Å². The smallest absolute Gasteiger partial charge is 0.371 e. The molecule has 3 rings (SSSR count). The molecule has 1 N–H and O–H groups in total. The number of amides is 1. The van der Waals surface area contributed by atoms with Crippen LogP contribution in [0.4, 0.5) is 0 Å². The molecule has 1 amide bonds. The van der Waals surface area contributed by atoms with E-state index in [1.807, 2.05) is 0 Å². The Morgan fingerprint density at radius 1 is 1.26 bits per heavy atom. The van der Waals surface area contributed by atoms with E-state index in [1.54, 1.807) is 36.3 Å². The number of oxazole rings is 1. The number of carboxylic acid groups (broad SMARTS) is 1. The van der Waals surface area contributed by atoms with Crippen molar-refractivity contribution in [2.24, 2.45) is 0 Å². The normalized spacial score (nSPS) is 11.0. The number of nitrogens with zero attached hydrogens (tertiary/aromatic N) is 2. The Labute approximate surface area is 159 Å². The van der Waals surface area contributed by atoms with Crippen molar-refractivity contribution in [3.8, 4) is 0 Å². The zero-order valence-corrected chi connectivity index (χ0v) is 15.2. The minimum atomic E-state index is -1.16. The van der Waals surface area contributed by atoms with Gasteiger partial charge in [-0.1, -0.05) is 0 Å². The topological polar surface area (TPSA) is 106 Å². The van der Waals surface area contributed by atoms with Gasteiger partial charge >= 0.3 is 5.97 Å². The first-order chi connectivity index (χ1) is 13.0. The number of ether oxygens (including phenoxy) is 1. The number of carboxylic acids is 1. The van der Waals surface area contributed by atoms with Gasteiger partial charge in [0.2, 0.25) is 5.76 Å². The summed E-state index contributed by atoms with van der Waals surface area (Å²) in [6.45, 7) is 1.03. The fourth-order valence-corrected chi connectivity index (χ4v) is 2.81. The number of furan rings is 1. The molecule has 0 fully saturated rings. The van der Waals surface area contributed by atoms with E-state index in [-0.39, 0.29) is 23.6 Å². The molecule has 142 valence electrons. The number of aromatic carboxylic acids is 1. The van der Waals surface area contributed by atoms with E-state index in [9.17, 15) is 9.59 Å². The van der Waals surface area contributed by atoms with Crippen LogP contribution in [0, 0.1) is 0 Å². The molecule has 0 unspecified atom stereocenters. The largest absolute Gasteiger partial charge is 0.475 e. The number of benzene rings is 1. The maximum Gasteiger partial charge on any atom is 0.371 e. The summed E-state index contributed by atoms with van der Waals surface area (Å²) < 4.78 is 15.5. The van der Waals surface area contributed by atoms with E-state index in [2.05, 4.69) is 4.98 Å². The Bertz CT molecular complexity index is 964. The number of hydrogen-bond donors (Lipinski definition) is 1. The van der Waals surface area contributed by atoms with Gasteiger partial charge in [0.1, 0.15) is 11.3 Å². The number of methoxy groups -OCH3 is 1. The predicted molar refractivity (Wildman–Crippen MR) is 95.9 cm³/mol. The van der Waals surface area contributed by atoms with Crippen LogP contribution >= 0.6 is 11.6 Å². The molecule has 27 heavy (non-hydrogen) atoms. The van der Waals surface area contributed by atoms with Crippen molar-refractivity contribution in [1.82, 2.24) is 9.88 Å². The molecular formula is C18H17ClN2O6. The molecule has 0 radical (unpaired) electrons. The second kappa shape index (κ2) is 8.24. The highest BCUT2D eigenvalue weighted by Gasteiger charge is 2.20. The van der Waals surface area contributed by atoms with E-state index >= 15 is 0 Å². The minimum absolute atomic E-state index is 0.00309. The molecule has 1 aromatic carbocycles. The number of hydrogen-bond acceptors (Lipinski definition) is 6. The molecule has 0 aliphatic carbocycles. The Balaban J connectivity index is 1.82. The van der Waals surface area contributed by atoms with Gasteiger partial charge in [-0.15, -0.1) is 0 Å². The van der Waals surface area contributed by atoms with Crippen molar-refractivity contribution in [2.75, 3.05) is 20.3 Å². The first-order valence-electron chi connectivity index (χ1n) is 8.14. The highest BCUT2D eigenvalue weighted by atomic mass is 35.5. The lowest BCUT2D eigenvalue weighted by Gasteiger charge is -2.21. The van der Waals surface area contributed by atoms with Crippen LogP contribution in [-0.2, 0) is 11.3 Å². The third-order valence-corrected chi connectivity index (χ3v) is 4.05. The summed E-state index contributed by atoms with van der Waals surface area (Å²) in [5.41, 5.74) is 1.38. The van der Waals surface area contributed by atoms with Crippen LogP contribution < -0.4 is 0 Å². The van der Waals surface area contributed by atoms with E-state index in [0.29, 0.717) is 42.0 Å². The summed E-state index contributed by atoms with van der Waals surface area (Å²) in [5.74, 6) is -1.20. The zero-order chi connectivity index (χ0) is 19.4. The van der Waals surface area contributed by atoms with Crippen LogP contribution in [0.25, 0.3) is 11.1 Å². The predicted octanol–water partition coefficient (Wildman–Crippen LogP) is 3.45. The van der Waals surface area contributed by atoms with Crippen molar-refractivity contribution in [3.05, 3.63) is 52.8 Å². The summed E-state index contributed by atoms with van der Waals surface area (Å²) in [4.78, 5) is 29.5. The summed E-state index contributed by atoms with van der Waals surface area (Å²) in [6.07, 6.45) is 0.618. The van der Waals surface area contributed by atoms with Gasteiger partial charge in [0.25, 0.3) is 11.3 Å². The molecule has 0 aliphatic heterocycles. The van der Waals surface area contributed by atoms with E-state index in [0.717, 1.165) is 0 Å². The Morgan fingerprint density at radius 3 is 2.78 bits per heavy atom. The van der Waals surface area contributed by atoms with Gasteiger partial charge in [-0.2, -0.15) is 4.98 Å². The average Bonchev–Trinajstić information content (AvgIpc) is 3.25. The molecule has 9 heteroatoms. The molecular weight excluding hydrogens is 376 g/mol. The summed E-state index contributed by atoms with van der Waals surface area (Å²) in [7, 11) is 1.58. The Morgan fingerprint density at radius 2 is 2.07 bits per heavy atom. The first kappa shape index (κ1) is 18.9. The second-order valence-electron chi connectivity index (χ2n) is 5.79. The molecule has 0 saturated carbocycles. The highest BCUT2D eigenvalue weighted by Crippen LogP contribution is 2.21. The van der Waals surface area contributed by atoms with Gasteiger partial charge in [0.05, 0.1) is 6.54 Å². The fraction of sp³-hybridized carbons (Fsp3) is 0.278. The van der Waals surface area contributed by atoms with Crippen LogP contribution in [0.3, 0.4) is 0 Å². The molecule has 0 spiro atoms. The number of fused-ring (bicyclic) bond motifs is 1. The Kier molecular flexibility index (Phi) is 5.78. The van der Waals surface area contributed by atoms with Crippen LogP contribution in [0.5, 0.6) is 0 Å². The van der Waals surface area contributed by atoms with Gasteiger partial charge in [-0.05, 0) is 48.4 Å². The average molecular weight is 393 g/mol. The lowest BCUT2D eigenvalue weighted by molar-refractivity contribution is 0.0655. The molecule has 8 nitrogen and oxygen atoms in total. The molecule has 3 aromatic rings. The second-order valence-corrected chi connectivity index (χ2v) is 6.12. The van der Waals surface area contributed by atoms with E-state index in [1.165, 1.54) is 6.07 Å². The molecule has 2 aromatic heterocycles. The molecule has 0 bridgehead atoms. The third-order valence-electron chi connectivity index (χ3n) is 3.89. The van der Waals surface area contributed by atoms with Gasteiger partial charge < -0.3 is 23.6 Å². The number of carbonyl (C=O) groups excluding carboxylic acids is 1. The number of carbonyl (C=O) groups is 2. The highest BCUT2D eigenvalue weighted by molar-refractivity contribution is 6.28. The van der Waals surface area contributed by atoms with E-state index in [4.69, 9.17) is 30.3 Å². The van der Waals surface area contributed by atoms with Crippen molar-refractivity contribution < 1.29 is 28.3 Å². The van der Waals surface area contributed by atoms with Gasteiger partial charge in [0, 0.05) is 25.8 Å². The lowest BCUT2D eigenvalue weighted by atomic mass is 10.1. The minimum Gasteiger partial charge on any atom is -0.475 e. The van der Waals surface area contributed by atoms with Crippen LogP contribution in [0.2, 0.25) is 5.35 Å². The Hall–Kier alpha value is -2.84. The number of rotatable bonds is 8. The maximum atomic E-state index is 13.0. The lowest BCUT2D eigenvalue weighted by Crippen LogP contribution is -2.32. The standard InChI is InChI=1S/C18H17ClN2O6/c1-25-8-2-7-21(10-12-4-6-15(26-12)17(23)24)16(22)11-3-5-14-13(9-11)20-18(19)27-14/h3-6,9H,2,7-8,10H2,1H3,(H,23,24). The van der Waals surface area contributed by atoms with Crippen LogP contribution in [0.15, 0.2) is 39.2 Å². The molecule has 0 aliphatic rings. The number of aromatic nitrogens is 1. The van der Waals surface area contributed by atoms with Crippen LogP contribution in [-0.4, -0.2) is 47.1 Å².